The largest absolute Gasteiger partial charge is 0.481 e. The number of carbonyl (C=O) groups is 1. The number of halogens is 1. The summed E-state index contributed by atoms with van der Waals surface area (Å²) in [7, 11) is 0. The van der Waals surface area contributed by atoms with Crippen LogP contribution in [0.25, 0.3) is 0 Å². The molecule has 0 unspecified atom stereocenters. The molecule has 0 radical (unpaired) electrons. The van der Waals surface area contributed by atoms with Crippen LogP contribution in [0.15, 0.2) is 12.3 Å². The minimum Gasteiger partial charge on any atom is -0.481 e. The summed E-state index contributed by atoms with van der Waals surface area (Å²) in [5.74, 6) is -0.294. The third kappa shape index (κ3) is 5.06. The van der Waals surface area contributed by atoms with Crippen LogP contribution in [-0.2, 0) is 4.79 Å². The first-order valence-electron chi connectivity index (χ1n) is 6.36. The predicted octanol–water partition coefficient (Wildman–Crippen LogP) is 3.30. The molecule has 2 N–H and O–H groups in total. The zero-order chi connectivity index (χ0) is 15.2. The number of hydrogen-bond donors (Lipinski definition) is 2. The van der Waals surface area contributed by atoms with Gasteiger partial charge >= 0.3 is 5.97 Å². The molecule has 0 atom stereocenters. The molecule has 1 aromatic rings. The summed E-state index contributed by atoms with van der Waals surface area (Å²) in [4.78, 5) is 14.7. The van der Waals surface area contributed by atoms with Gasteiger partial charge in [0.25, 0.3) is 0 Å². The van der Waals surface area contributed by atoms with Gasteiger partial charge in [0, 0.05) is 19.2 Å². The molecule has 20 heavy (non-hydrogen) atoms. The Bertz CT molecular complexity index is 524. The lowest BCUT2D eigenvalue weighted by Crippen LogP contribution is -2.18. The standard InChI is InChI=1S/C14H18ClN3O2/c1-14(2,5-3-11(19)20)6-8-18-13-12(15)10(9-16)4-7-17-13/h4,7H,3,5-6,8H2,1-2H3,(H,17,18)(H,19,20). The van der Waals surface area contributed by atoms with Gasteiger partial charge in [-0.1, -0.05) is 25.4 Å². The molecule has 0 aliphatic carbocycles. The molecule has 0 saturated carbocycles. The summed E-state index contributed by atoms with van der Waals surface area (Å²) in [6.07, 6.45) is 3.09. The summed E-state index contributed by atoms with van der Waals surface area (Å²) >= 11 is 6.04. The van der Waals surface area contributed by atoms with Crippen molar-refractivity contribution in [3.05, 3.63) is 22.8 Å². The van der Waals surface area contributed by atoms with Crippen LogP contribution in [0, 0.1) is 16.7 Å². The van der Waals surface area contributed by atoms with Crippen molar-refractivity contribution in [2.75, 3.05) is 11.9 Å². The second-order valence-corrected chi connectivity index (χ2v) is 5.75. The molecule has 1 aromatic heterocycles. The SMILES string of the molecule is CC(C)(CCNc1nccc(C#N)c1Cl)CCC(=O)O. The molecule has 0 aliphatic heterocycles. The first-order chi connectivity index (χ1) is 9.35. The van der Waals surface area contributed by atoms with E-state index in [1.807, 2.05) is 19.9 Å². The number of hydrogen-bond acceptors (Lipinski definition) is 4. The highest BCUT2D eigenvalue weighted by atomic mass is 35.5. The maximum atomic E-state index is 10.6. The molecule has 1 heterocycles. The third-order valence-electron chi connectivity index (χ3n) is 3.12. The van der Waals surface area contributed by atoms with E-state index in [0.717, 1.165) is 6.42 Å². The fourth-order valence-corrected chi connectivity index (χ4v) is 1.96. The first-order valence-corrected chi connectivity index (χ1v) is 6.74. The van der Waals surface area contributed by atoms with E-state index in [0.29, 0.717) is 29.4 Å². The van der Waals surface area contributed by atoms with E-state index < -0.39 is 5.97 Å². The molecule has 1 rings (SSSR count). The van der Waals surface area contributed by atoms with Gasteiger partial charge in [-0.2, -0.15) is 5.26 Å². The number of pyridine rings is 1. The number of nitrogens with one attached hydrogen (secondary N) is 1. The fraction of sp³-hybridized carbons (Fsp3) is 0.500. The Hall–Kier alpha value is -1.80. The van der Waals surface area contributed by atoms with Gasteiger partial charge < -0.3 is 10.4 Å². The summed E-state index contributed by atoms with van der Waals surface area (Å²) in [5, 5.41) is 21.0. The zero-order valence-electron chi connectivity index (χ0n) is 11.6. The Labute approximate surface area is 123 Å². The quantitative estimate of drug-likeness (QED) is 0.806. The highest BCUT2D eigenvalue weighted by Crippen LogP contribution is 2.28. The number of carboxylic acids is 1. The minimum absolute atomic E-state index is 0.0787. The molecule has 0 aromatic carbocycles. The monoisotopic (exact) mass is 295 g/mol. The highest BCUT2D eigenvalue weighted by Gasteiger charge is 2.19. The van der Waals surface area contributed by atoms with Crippen LogP contribution in [0.2, 0.25) is 5.02 Å². The summed E-state index contributed by atoms with van der Waals surface area (Å²) in [6, 6.07) is 3.56. The Morgan fingerprint density at radius 2 is 2.25 bits per heavy atom. The average Bonchev–Trinajstić information content (AvgIpc) is 2.38. The van der Waals surface area contributed by atoms with Crippen molar-refractivity contribution in [1.82, 2.24) is 4.98 Å². The van der Waals surface area contributed by atoms with Crippen molar-refractivity contribution in [2.45, 2.75) is 33.1 Å². The van der Waals surface area contributed by atoms with Crippen LogP contribution in [0.5, 0.6) is 0 Å². The Morgan fingerprint density at radius 3 is 2.85 bits per heavy atom. The summed E-state index contributed by atoms with van der Waals surface area (Å²) in [5.41, 5.74) is 0.305. The van der Waals surface area contributed by atoms with Crippen LogP contribution < -0.4 is 5.32 Å². The Balaban J connectivity index is 2.52. The number of carboxylic acid groups (broad SMARTS) is 1. The van der Waals surface area contributed by atoms with Crippen LogP contribution in [0.4, 0.5) is 5.82 Å². The van der Waals surface area contributed by atoms with Gasteiger partial charge in [0.15, 0.2) is 0 Å². The number of aliphatic carboxylic acids is 1. The number of aromatic nitrogens is 1. The van der Waals surface area contributed by atoms with Crippen LogP contribution in [0.3, 0.4) is 0 Å². The topological polar surface area (TPSA) is 86.0 Å². The minimum atomic E-state index is -0.780. The third-order valence-corrected chi connectivity index (χ3v) is 3.50. The van der Waals surface area contributed by atoms with Gasteiger partial charge in [0.05, 0.1) is 5.56 Å². The number of anilines is 1. The summed E-state index contributed by atoms with van der Waals surface area (Å²) in [6.45, 7) is 4.67. The van der Waals surface area contributed by atoms with E-state index in [-0.39, 0.29) is 11.8 Å². The number of rotatable bonds is 7. The molecule has 0 saturated heterocycles. The van der Waals surface area contributed by atoms with E-state index in [9.17, 15) is 4.79 Å². The van der Waals surface area contributed by atoms with E-state index in [2.05, 4.69) is 10.3 Å². The Morgan fingerprint density at radius 1 is 1.55 bits per heavy atom. The van der Waals surface area contributed by atoms with Gasteiger partial charge in [-0.15, -0.1) is 0 Å². The van der Waals surface area contributed by atoms with Crippen molar-refractivity contribution in [3.8, 4) is 6.07 Å². The van der Waals surface area contributed by atoms with Crippen molar-refractivity contribution in [1.29, 1.82) is 5.26 Å². The van der Waals surface area contributed by atoms with Gasteiger partial charge in [0.2, 0.25) is 0 Å². The van der Waals surface area contributed by atoms with Crippen LogP contribution in [-0.4, -0.2) is 22.6 Å². The second-order valence-electron chi connectivity index (χ2n) is 5.37. The van der Waals surface area contributed by atoms with Gasteiger partial charge in [-0.3, -0.25) is 4.79 Å². The zero-order valence-corrected chi connectivity index (χ0v) is 12.4. The lowest BCUT2D eigenvalue weighted by molar-refractivity contribution is -0.137. The van der Waals surface area contributed by atoms with Crippen molar-refractivity contribution in [3.63, 3.8) is 0 Å². The van der Waals surface area contributed by atoms with Gasteiger partial charge in [0.1, 0.15) is 16.9 Å². The lowest BCUT2D eigenvalue weighted by atomic mass is 9.84. The molecule has 5 nitrogen and oxygen atoms in total. The molecule has 108 valence electrons. The smallest absolute Gasteiger partial charge is 0.303 e. The van der Waals surface area contributed by atoms with E-state index >= 15 is 0 Å². The average molecular weight is 296 g/mol. The second kappa shape index (κ2) is 7.11. The number of nitriles is 1. The molecular weight excluding hydrogens is 278 g/mol. The highest BCUT2D eigenvalue weighted by molar-refractivity contribution is 6.34. The van der Waals surface area contributed by atoms with Crippen LogP contribution >= 0.6 is 11.6 Å². The summed E-state index contributed by atoms with van der Waals surface area (Å²) < 4.78 is 0. The maximum absolute atomic E-state index is 10.6. The fourth-order valence-electron chi connectivity index (χ4n) is 1.74. The van der Waals surface area contributed by atoms with Crippen molar-refractivity contribution in [2.24, 2.45) is 5.41 Å². The van der Waals surface area contributed by atoms with Gasteiger partial charge in [-0.25, -0.2) is 4.98 Å². The predicted molar refractivity (Wildman–Crippen MR) is 77.7 cm³/mol. The first kappa shape index (κ1) is 16.3. The molecular formula is C14H18ClN3O2. The number of nitrogens with zero attached hydrogens (tertiary/aromatic N) is 2. The molecule has 6 heteroatoms. The molecule has 0 fully saturated rings. The van der Waals surface area contributed by atoms with Crippen LogP contribution in [0.1, 0.15) is 38.7 Å². The maximum Gasteiger partial charge on any atom is 0.303 e. The van der Waals surface area contributed by atoms with Crippen molar-refractivity contribution < 1.29 is 9.90 Å². The van der Waals surface area contributed by atoms with Crippen molar-refractivity contribution >= 4 is 23.4 Å². The Kier molecular flexibility index (Phi) is 5.78. The lowest BCUT2D eigenvalue weighted by Gasteiger charge is -2.24. The van der Waals surface area contributed by atoms with E-state index in [4.69, 9.17) is 22.0 Å². The van der Waals surface area contributed by atoms with E-state index in [1.54, 1.807) is 6.07 Å². The molecule has 0 aliphatic rings. The molecule has 0 bridgehead atoms. The molecule has 0 spiro atoms. The van der Waals surface area contributed by atoms with Gasteiger partial charge in [-0.05, 0) is 24.3 Å². The van der Waals surface area contributed by atoms with E-state index in [1.165, 1.54) is 6.20 Å². The normalized spacial score (nSPS) is 10.9. The molecule has 0 amide bonds.